The van der Waals surface area contributed by atoms with Crippen LogP contribution >= 0.6 is 0 Å². The molecule has 0 unspecified atom stereocenters. The van der Waals surface area contributed by atoms with E-state index >= 15 is 0 Å². The Labute approximate surface area is 173 Å². The van der Waals surface area contributed by atoms with Crippen molar-refractivity contribution in [1.29, 1.82) is 0 Å². The third-order valence-electron chi connectivity index (χ3n) is 5.36. The Morgan fingerprint density at radius 1 is 0.967 bits per heavy atom. The van der Waals surface area contributed by atoms with Crippen LogP contribution in [0.5, 0.6) is 5.75 Å². The number of hydrazone groups is 1. The lowest BCUT2D eigenvalue weighted by atomic mass is 9.98. The highest BCUT2D eigenvalue weighted by Gasteiger charge is 2.31. The molecule has 30 heavy (non-hydrogen) atoms. The second-order valence-corrected chi connectivity index (χ2v) is 7.21. The first-order valence-corrected chi connectivity index (χ1v) is 9.82. The molecular weight excluding hydrogens is 376 g/mol. The average molecular weight is 396 g/mol. The molecule has 4 aromatic rings. The highest BCUT2D eigenvalue weighted by atomic mass is 16.5. The molecule has 0 saturated heterocycles. The van der Waals surface area contributed by atoms with Gasteiger partial charge >= 0.3 is 5.63 Å². The fourth-order valence-electron chi connectivity index (χ4n) is 3.86. The highest BCUT2D eigenvalue weighted by molar-refractivity contribution is 6.04. The Bertz CT molecular complexity index is 1290. The van der Waals surface area contributed by atoms with Crippen LogP contribution in [-0.4, -0.2) is 12.8 Å². The van der Waals surface area contributed by atoms with Gasteiger partial charge in [0.05, 0.1) is 30.1 Å². The molecule has 5 nitrogen and oxygen atoms in total. The molecule has 5 heteroatoms. The largest absolute Gasteiger partial charge is 0.497 e. The summed E-state index contributed by atoms with van der Waals surface area (Å²) in [5.74, 6) is 0.791. The topological polar surface area (TPSA) is 55.0 Å². The van der Waals surface area contributed by atoms with Gasteiger partial charge in [-0.3, -0.25) is 5.01 Å². The smallest absolute Gasteiger partial charge is 0.345 e. The maximum atomic E-state index is 12.7. The minimum atomic E-state index is -0.369. The summed E-state index contributed by atoms with van der Waals surface area (Å²) in [6.45, 7) is 0. The monoisotopic (exact) mass is 396 g/mol. The third-order valence-corrected chi connectivity index (χ3v) is 5.36. The van der Waals surface area contributed by atoms with Gasteiger partial charge in [0.15, 0.2) is 0 Å². The molecule has 148 valence electrons. The van der Waals surface area contributed by atoms with Crippen molar-refractivity contribution in [1.82, 2.24) is 0 Å². The van der Waals surface area contributed by atoms with E-state index in [1.807, 2.05) is 77.8 Å². The lowest BCUT2D eigenvalue weighted by Crippen LogP contribution is -2.18. The molecule has 3 aromatic carbocycles. The van der Waals surface area contributed by atoms with Crippen molar-refractivity contribution >= 4 is 22.4 Å². The highest BCUT2D eigenvalue weighted by Crippen LogP contribution is 2.37. The molecule has 0 aliphatic carbocycles. The molecule has 1 aromatic heterocycles. The quantitative estimate of drug-likeness (QED) is 0.447. The number of benzene rings is 3. The van der Waals surface area contributed by atoms with E-state index in [2.05, 4.69) is 6.07 Å². The van der Waals surface area contributed by atoms with Crippen LogP contribution in [-0.2, 0) is 0 Å². The van der Waals surface area contributed by atoms with E-state index < -0.39 is 0 Å². The first kappa shape index (κ1) is 18.2. The van der Waals surface area contributed by atoms with E-state index in [4.69, 9.17) is 14.3 Å². The van der Waals surface area contributed by atoms with E-state index in [0.717, 1.165) is 22.4 Å². The van der Waals surface area contributed by atoms with Crippen molar-refractivity contribution in [3.8, 4) is 5.75 Å². The second-order valence-electron chi connectivity index (χ2n) is 7.21. The molecule has 0 saturated carbocycles. The molecule has 0 radical (unpaired) electrons. The van der Waals surface area contributed by atoms with Gasteiger partial charge in [-0.05, 0) is 42.0 Å². The van der Waals surface area contributed by atoms with E-state index in [0.29, 0.717) is 23.3 Å². The van der Waals surface area contributed by atoms with Gasteiger partial charge in [-0.25, -0.2) is 4.79 Å². The van der Waals surface area contributed by atoms with Crippen molar-refractivity contribution in [3.05, 3.63) is 106 Å². The van der Waals surface area contributed by atoms with E-state index in [9.17, 15) is 4.79 Å². The summed E-state index contributed by atoms with van der Waals surface area (Å²) in [5, 5.41) is 7.71. The molecular formula is C25H20N2O3. The average Bonchev–Trinajstić information content (AvgIpc) is 3.24. The van der Waals surface area contributed by atoms with Gasteiger partial charge in [-0.1, -0.05) is 48.5 Å². The number of ether oxygens (including phenoxy) is 1. The van der Waals surface area contributed by atoms with E-state index in [-0.39, 0.29) is 11.7 Å². The van der Waals surface area contributed by atoms with Crippen LogP contribution in [0.15, 0.2) is 99.2 Å². The van der Waals surface area contributed by atoms with Gasteiger partial charge in [0.2, 0.25) is 0 Å². The summed E-state index contributed by atoms with van der Waals surface area (Å²) in [6, 6.07) is 27.3. The summed E-state index contributed by atoms with van der Waals surface area (Å²) in [6.07, 6.45) is 0.588. The standard InChI is InChI=1S/C25H20N2O3/c1-29-20-12-7-9-17(14-20)23-16-22(26-27(23)19-10-3-2-4-11-19)21-15-18-8-5-6-13-24(18)30-25(21)28/h2-15,23H,16H2,1H3/t23-/m0/s1. The molecule has 1 aliphatic heterocycles. The number of para-hydroxylation sites is 2. The van der Waals surface area contributed by atoms with E-state index in [1.54, 1.807) is 13.2 Å². The van der Waals surface area contributed by atoms with Crippen molar-refractivity contribution in [3.63, 3.8) is 0 Å². The predicted octanol–water partition coefficient (Wildman–Crippen LogP) is 5.16. The van der Waals surface area contributed by atoms with Crippen molar-refractivity contribution in [2.24, 2.45) is 5.10 Å². The Morgan fingerprint density at radius 2 is 1.77 bits per heavy atom. The minimum Gasteiger partial charge on any atom is -0.497 e. The normalized spacial score (nSPS) is 16.0. The number of rotatable bonds is 4. The fourth-order valence-corrected chi connectivity index (χ4v) is 3.86. The maximum absolute atomic E-state index is 12.7. The Balaban J connectivity index is 1.62. The van der Waals surface area contributed by atoms with Crippen molar-refractivity contribution < 1.29 is 9.15 Å². The van der Waals surface area contributed by atoms with Crippen LogP contribution < -0.4 is 15.4 Å². The summed E-state index contributed by atoms with van der Waals surface area (Å²) in [4.78, 5) is 12.7. The van der Waals surface area contributed by atoms with Gasteiger partial charge in [0.25, 0.3) is 0 Å². The Morgan fingerprint density at radius 3 is 2.60 bits per heavy atom. The lowest BCUT2D eigenvalue weighted by molar-refractivity contribution is 0.414. The predicted molar refractivity (Wildman–Crippen MR) is 118 cm³/mol. The molecule has 0 N–H and O–H groups in total. The first-order chi connectivity index (χ1) is 14.7. The van der Waals surface area contributed by atoms with Crippen LogP contribution in [0.3, 0.4) is 0 Å². The molecule has 0 spiro atoms. The van der Waals surface area contributed by atoms with Crippen LogP contribution in [0, 0.1) is 0 Å². The van der Waals surface area contributed by atoms with Crippen LogP contribution in [0.2, 0.25) is 0 Å². The van der Waals surface area contributed by atoms with Gasteiger partial charge in [0.1, 0.15) is 11.3 Å². The van der Waals surface area contributed by atoms with Crippen molar-refractivity contribution in [2.45, 2.75) is 12.5 Å². The van der Waals surface area contributed by atoms with Crippen molar-refractivity contribution in [2.75, 3.05) is 12.1 Å². The number of methoxy groups -OCH3 is 1. The number of fused-ring (bicyclic) bond motifs is 1. The minimum absolute atomic E-state index is 0.0524. The Kier molecular flexibility index (Phi) is 4.56. The number of nitrogens with zero attached hydrogens (tertiary/aromatic N) is 2. The number of anilines is 1. The molecule has 2 heterocycles. The summed E-state index contributed by atoms with van der Waals surface area (Å²) >= 11 is 0. The van der Waals surface area contributed by atoms with Gasteiger partial charge in [0, 0.05) is 11.8 Å². The molecule has 0 fully saturated rings. The van der Waals surface area contributed by atoms with Gasteiger partial charge in [-0.2, -0.15) is 5.10 Å². The zero-order valence-electron chi connectivity index (χ0n) is 16.5. The van der Waals surface area contributed by atoms with Gasteiger partial charge in [-0.15, -0.1) is 0 Å². The fraction of sp³-hybridized carbons (Fsp3) is 0.120. The van der Waals surface area contributed by atoms with Crippen LogP contribution in [0.4, 0.5) is 5.69 Å². The summed E-state index contributed by atoms with van der Waals surface area (Å²) in [5.41, 5.74) is 3.46. The second kappa shape index (κ2) is 7.52. The van der Waals surface area contributed by atoms with Crippen LogP contribution in [0.1, 0.15) is 23.6 Å². The first-order valence-electron chi connectivity index (χ1n) is 9.82. The SMILES string of the molecule is COc1cccc([C@@H]2CC(c3cc4ccccc4oc3=O)=NN2c2ccccc2)c1. The van der Waals surface area contributed by atoms with E-state index in [1.165, 1.54) is 0 Å². The molecule has 0 bridgehead atoms. The molecule has 1 atom stereocenters. The zero-order valence-corrected chi connectivity index (χ0v) is 16.5. The number of hydrogen-bond donors (Lipinski definition) is 0. The summed E-state index contributed by atoms with van der Waals surface area (Å²) < 4.78 is 11.0. The van der Waals surface area contributed by atoms with Crippen LogP contribution in [0.25, 0.3) is 11.0 Å². The summed E-state index contributed by atoms with van der Waals surface area (Å²) in [7, 11) is 1.66. The number of hydrogen-bond acceptors (Lipinski definition) is 5. The lowest BCUT2D eigenvalue weighted by Gasteiger charge is -2.24. The molecule has 0 amide bonds. The Hall–Kier alpha value is -3.86. The zero-order chi connectivity index (χ0) is 20.5. The van der Waals surface area contributed by atoms with Gasteiger partial charge < -0.3 is 9.15 Å². The third kappa shape index (κ3) is 3.24. The maximum Gasteiger partial charge on any atom is 0.345 e. The molecule has 5 rings (SSSR count). The molecule has 1 aliphatic rings.